The standard InChI is InChI=1S/C15H12BrF3N4OS/c1-7(2)20-14(24)12-11(16)13-21-8(9-4-3-5-25-9)6-10(15(17,18)19)23(13)22-12/h3-7H,1-2H3,(H,20,24). The zero-order chi connectivity index (χ0) is 18.4. The van der Waals surface area contributed by atoms with Crippen molar-refractivity contribution in [3.63, 3.8) is 0 Å². The average molecular weight is 433 g/mol. The molecule has 0 saturated heterocycles. The number of rotatable bonds is 3. The van der Waals surface area contributed by atoms with Gasteiger partial charge in [0, 0.05) is 6.04 Å². The van der Waals surface area contributed by atoms with E-state index in [1.807, 2.05) is 0 Å². The van der Waals surface area contributed by atoms with Crippen molar-refractivity contribution in [1.29, 1.82) is 0 Å². The van der Waals surface area contributed by atoms with E-state index in [9.17, 15) is 18.0 Å². The number of halogens is 4. The molecule has 0 aliphatic heterocycles. The molecule has 1 amide bonds. The van der Waals surface area contributed by atoms with Gasteiger partial charge < -0.3 is 5.32 Å². The summed E-state index contributed by atoms with van der Waals surface area (Å²) < 4.78 is 41.2. The van der Waals surface area contributed by atoms with Crippen molar-refractivity contribution in [2.75, 3.05) is 0 Å². The zero-order valence-electron chi connectivity index (χ0n) is 13.1. The number of nitrogens with zero attached hydrogens (tertiary/aromatic N) is 3. The Labute approximate surface area is 153 Å². The lowest BCUT2D eigenvalue weighted by Gasteiger charge is -2.10. The first-order valence-electron chi connectivity index (χ1n) is 7.19. The minimum atomic E-state index is -4.65. The van der Waals surface area contributed by atoms with Gasteiger partial charge in [-0.05, 0) is 47.3 Å². The van der Waals surface area contributed by atoms with E-state index in [2.05, 4.69) is 31.3 Å². The molecule has 0 saturated carbocycles. The van der Waals surface area contributed by atoms with Crippen molar-refractivity contribution in [1.82, 2.24) is 19.9 Å². The number of thiophene rings is 1. The van der Waals surface area contributed by atoms with Crippen LogP contribution in [0.3, 0.4) is 0 Å². The normalized spacial score (nSPS) is 12.1. The summed E-state index contributed by atoms with van der Waals surface area (Å²) in [6, 6.07) is 4.16. The predicted octanol–water partition coefficient (Wildman–Crippen LogP) is 4.38. The number of alkyl halides is 3. The number of carbonyl (C=O) groups is 1. The van der Waals surface area contributed by atoms with E-state index in [4.69, 9.17) is 0 Å². The first-order valence-corrected chi connectivity index (χ1v) is 8.87. The lowest BCUT2D eigenvalue weighted by atomic mass is 10.2. The fourth-order valence-corrected chi connectivity index (χ4v) is 3.42. The molecule has 3 aromatic heterocycles. The van der Waals surface area contributed by atoms with E-state index >= 15 is 0 Å². The predicted molar refractivity (Wildman–Crippen MR) is 91.6 cm³/mol. The summed E-state index contributed by atoms with van der Waals surface area (Å²) in [5.74, 6) is -0.571. The van der Waals surface area contributed by atoms with Crippen LogP contribution in [0.25, 0.3) is 16.2 Å². The van der Waals surface area contributed by atoms with Gasteiger partial charge in [0.2, 0.25) is 0 Å². The Kier molecular flexibility index (Phi) is 4.58. The monoisotopic (exact) mass is 432 g/mol. The van der Waals surface area contributed by atoms with Gasteiger partial charge in [-0.1, -0.05) is 6.07 Å². The van der Waals surface area contributed by atoms with Gasteiger partial charge >= 0.3 is 6.18 Å². The summed E-state index contributed by atoms with van der Waals surface area (Å²) in [5, 5.41) is 8.19. The molecular formula is C15H12BrF3N4OS. The summed E-state index contributed by atoms with van der Waals surface area (Å²) >= 11 is 4.45. The van der Waals surface area contributed by atoms with Crippen molar-refractivity contribution in [3.05, 3.63) is 39.4 Å². The van der Waals surface area contributed by atoms with Crippen LogP contribution < -0.4 is 5.32 Å². The number of aromatic nitrogens is 3. The highest BCUT2D eigenvalue weighted by molar-refractivity contribution is 9.10. The van der Waals surface area contributed by atoms with E-state index in [0.29, 0.717) is 9.39 Å². The van der Waals surface area contributed by atoms with E-state index in [0.717, 1.165) is 6.07 Å². The Morgan fingerprint density at radius 1 is 1.40 bits per heavy atom. The van der Waals surface area contributed by atoms with Gasteiger partial charge in [0.25, 0.3) is 5.91 Å². The molecule has 0 radical (unpaired) electrons. The molecule has 25 heavy (non-hydrogen) atoms. The van der Waals surface area contributed by atoms with Crippen molar-refractivity contribution in [2.24, 2.45) is 0 Å². The largest absolute Gasteiger partial charge is 0.433 e. The molecule has 0 bridgehead atoms. The van der Waals surface area contributed by atoms with Crippen LogP contribution in [0.2, 0.25) is 0 Å². The smallest absolute Gasteiger partial charge is 0.348 e. The molecule has 0 unspecified atom stereocenters. The van der Waals surface area contributed by atoms with E-state index in [1.54, 1.807) is 31.4 Å². The minimum absolute atomic E-state index is 0.0628. The van der Waals surface area contributed by atoms with Gasteiger partial charge in [0.05, 0.1) is 15.0 Å². The molecule has 1 N–H and O–H groups in total. The maximum absolute atomic E-state index is 13.5. The molecule has 132 valence electrons. The van der Waals surface area contributed by atoms with Crippen LogP contribution >= 0.6 is 27.3 Å². The molecule has 0 spiro atoms. The average Bonchev–Trinajstić information content (AvgIpc) is 3.13. The molecule has 3 heterocycles. The third-order valence-electron chi connectivity index (χ3n) is 3.23. The summed E-state index contributed by atoms with van der Waals surface area (Å²) in [6.07, 6.45) is -4.65. The van der Waals surface area contributed by atoms with Crippen LogP contribution in [0.4, 0.5) is 13.2 Å². The highest BCUT2D eigenvalue weighted by atomic mass is 79.9. The van der Waals surface area contributed by atoms with Crippen LogP contribution in [-0.4, -0.2) is 26.5 Å². The van der Waals surface area contributed by atoms with Crippen molar-refractivity contribution < 1.29 is 18.0 Å². The topological polar surface area (TPSA) is 59.3 Å². The minimum Gasteiger partial charge on any atom is -0.348 e. The maximum Gasteiger partial charge on any atom is 0.433 e. The van der Waals surface area contributed by atoms with E-state index < -0.39 is 17.8 Å². The Morgan fingerprint density at radius 3 is 2.68 bits per heavy atom. The summed E-state index contributed by atoms with van der Waals surface area (Å²) in [6.45, 7) is 3.49. The van der Waals surface area contributed by atoms with Crippen molar-refractivity contribution >= 4 is 38.8 Å². The Bertz CT molecular complexity index is 935. The fraction of sp³-hybridized carbons (Fsp3) is 0.267. The quantitative estimate of drug-likeness (QED) is 0.667. The molecule has 3 rings (SSSR count). The highest BCUT2D eigenvalue weighted by Gasteiger charge is 2.36. The lowest BCUT2D eigenvalue weighted by Crippen LogP contribution is -2.30. The van der Waals surface area contributed by atoms with Gasteiger partial charge in [0.1, 0.15) is 0 Å². The highest BCUT2D eigenvalue weighted by Crippen LogP contribution is 2.35. The van der Waals surface area contributed by atoms with Crippen LogP contribution in [0.1, 0.15) is 30.0 Å². The number of hydrogen-bond acceptors (Lipinski definition) is 4. The van der Waals surface area contributed by atoms with Crippen LogP contribution in [0, 0.1) is 0 Å². The van der Waals surface area contributed by atoms with E-state index in [-0.39, 0.29) is 27.5 Å². The second kappa shape index (κ2) is 6.41. The Balaban J connectivity index is 2.26. The van der Waals surface area contributed by atoms with Crippen molar-refractivity contribution in [2.45, 2.75) is 26.1 Å². The van der Waals surface area contributed by atoms with Gasteiger partial charge in [-0.25, -0.2) is 9.50 Å². The molecule has 0 aromatic carbocycles. The first kappa shape index (κ1) is 17.9. The van der Waals surface area contributed by atoms with Gasteiger partial charge in [-0.3, -0.25) is 4.79 Å². The summed E-state index contributed by atoms with van der Waals surface area (Å²) in [4.78, 5) is 17.0. The van der Waals surface area contributed by atoms with Crippen LogP contribution in [0.15, 0.2) is 28.1 Å². The molecular weight excluding hydrogens is 421 g/mol. The number of fused-ring (bicyclic) bond motifs is 1. The Hall–Kier alpha value is -1.94. The van der Waals surface area contributed by atoms with Gasteiger partial charge in [0.15, 0.2) is 17.0 Å². The van der Waals surface area contributed by atoms with Gasteiger partial charge in [-0.2, -0.15) is 18.3 Å². The zero-order valence-corrected chi connectivity index (χ0v) is 15.5. The molecule has 0 atom stereocenters. The third kappa shape index (κ3) is 3.40. The maximum atomic E-state index is 13.5. The summed E-state index contributed by atoms with van der Waals surface area (Å²) in [5.41, 5.74) is -1.03. The first-order chi connectivity index (χ1) is 11.7. The van der Waals surface area contributed by atoms with Gasteiger partial charge in [-0.15, -0.1) is 11.3 Å². The second-order valence-electron chi connectivity index (χ2n) is 5.53. The van der Waals surface area contributed by atoms with E-state index in [1.165, 1.54) is 11.3 Å². The fourth-order valence-electron chi connectivity index (χ4n) is 2.22. The molecule has 0 fully saturated rings. The number of nitrogens with one attached hydrogen (secondary N) is 1. The third-order valence-corrected chi connectivity index (χ3v) is 4.85. The van der Waals surface area contributed by atoms with Crippen LogP contribution in [-0.2, 0) is 6.18 Å². The SMILES string of the molecule is CC(C)NC(=O)c1nn2c(C(F)(F)F)cc(-c3cccs3)nc2c1Br. The lowest BCUT2D eigenvalue weighted by molar-refractivity contribution is -0.142. The van der Waals surface area contributed by atoms with Crippen LogP contribution in [0.5, 0.6) is 0 Å². The van der Waals surface area contributed by atoms with Crippen molar-refractivity contribution in [3.8, 4) is 10.6 Å². The molecule has 0 aliphatic rings. The number of carbonyl (C=O) groups excluding carboxylic acids is 1. The Morgan fingerprint density at radius 2 is 2.12 bits per heavy atom. The number of amides is 1. The molecule has 3 aromatic rings. The molecule has 0 aliphatic carbocycles. The number of hydrogen-bond donors (Lipinski definition) is 1. The molecule has 10 heteroatoms. The second-order valence-corrected chi connectivity index (χ2v) is 7.27. The summed E-state index contributed by atoms with van der Waals surface area (Å²) in [7, 11) is 0. The molecule has 5 nitrogen and oxygen atoms in total.